The molecule has 26 heavy (non-hydrogen) atoms. The van der Waals surface area contributed by atoms with Gasteiger partial charge in [0.25, 0.3) is 5.91 Å². The summed E-state index contributed by atoms with van der Waals surface area (Å²) in [6.45, 7) is 8.20. The van der Waals surface area contributed by atoms with Crippen LogP contribution in [0, 0.1) is 6.92 Å². The van der Waals surface area contributed by atoms with Crippen LogP contribution in [0.5, 0.6) is 0 Å². The van der Waals surface area contributed by atoms with Crippen LogP contribution < -0.4 is 5.32 Å². The predicted octanol–water partition coefficient (Wildman–Crippen LogP) is 4.46. The summed E-state index contributed by atoms with van der Waals surface area (Å²) in [6, 6.07) is 8.95. The van der Waals surface area contributed by atoms with Crippen molar-refractivity contribution in [2.75, 3.05) is 20.1 Å². The van der Waals surface area contributed by atoms with Crippen molar-refractivity contribution in [1.29, 1.82) is 0 Å². The van der Waals surface area contributed by atoms with Crippen LogP contribution in [0.4, 0.5) is 0 Å². The second kappa shape index (κ2) is 8.31. The van der Waals surface area contributed by atoms with E-state index in [2.05, 4.69) is 49.3 Å². The zero-order valence-corrected chi connectivity index (χ0v) is 17.0. The van der Waals surface area contributed by atoms with Gasteiger partial charge in [0, 0.05) is 18.2 Å². The Morgan fingerprint density at radius 3 is 2.85 bits per heavy atom. The summed E-state index contributed by atoms with van der Waals surface area (Å²) in [5.41, 5.74) is 3.23. The van der Waals surface area contributed by atoms with Crippen molar-refractivity contribution >= 4 is 17.2 Å². The van der Waals surface area contributed by atoms with Crippen LogP contribution >= 0.6 is 11.3 Å². The standard InChI is InChI=1S/C21H29N3OS/c1-14(2)17-9-5-6-10-18(17)21-23-15(3)19(26-21)20(25)22-12-11-16-8-7-13-24(16)4/h5-6,9-10,14,16H,7-8,11-13H2,1-4H3,(H,22,25). The Balaban J connectivity index is 1.69. The predicted molar refractivity (Wildman–Crippen MR) is 109 cm³/mol. The average Bonchev–Trinajstić information content (AvgIpc) is 3.20. The van der Waals surface area contributed by atoms with Crippen molar-refractivity contribution in [3.8, 4) is 10.6 Å². The van der Waals surface area contributed by atoms with E-state index in [9.17, 15) is 4.79 Å². The molecule has 1 aromatic heterocycles. The zero-order chi connectivity index (χ0) is 18.7. The summed E-state index contributed by atoms with van der Waals surface area (Å²) in [7, 11) is 2.17. The summed E-state index contributed by atoms with van der Waals surface area (Å²) in [6.07, 6.45) is 3.52. The van der Waals surface area contributed by atoms with Gasteiger partial charge in [0.1, 0.15) is 9.88 Å². The van der Waals surface area contributed by atoms with Gasteiger partial charge in [-0.1, -0.05) is 38.1 Å². The van der Waals surface area contributed by atoms with Crippen LogP contribution in [0.3, 0.4) is 0 Å². The molecule has 1 aliphatic rings. The van der Waals surface area contributed by atoms with E-state index < -0.39 is 0 Å². The van der Waals surface area contributed by atoms with Gasteiger partial charge in [0.05, 0.1) is 5.69 Å². The fourth-order valence-electron chi connectivity index (χ4n) is 3.69. The Bertz CT molecular complexity index is 768. The summed E-state index contributed by atoms with van der Waals surface area (Å²) >= 11 is 1.50. The smallest absolute Gasteiger partial charge is 0.263 e. The van der Waals surface area contributed by atoms with Gasteiger partial charge in [0.15, 0.2) is 0 Å². The monoisotopic (exact) mass is 371 g/mol. The molecule has 1 saturated heterocycles. The van der Waals surface area contributed by atoms with Crippen LogP contribution in [-0.4, -0.2) is 42.0 Å². The lowest BCUT2D eigenvalue weighted by Crippen LogP contribution is -2.31. The molecule has 2 aromatic rings. The van der Waals surface area contributed by atoms with Crippen molar-refractivity contribution in [3.63, 3.8) is 0 Å². The largest absolute Gasteiger partial charge is 0.351 e. The first-order valence-electron chi connectivity index (χ1n) is 9.52. The van der Waals surface area contributed by atoms with E-state index in [-0.39, 0.29) is 5.91 Å². The molecule has 4 nitrogen and oxygen atoms in total. The molecule has 1 unspecified atom stereocenters. The number of rotatable bonds is 6. The molecule has 0 spiro atoms. The van der Waals surface area contributed by atoms with Gasteiger partial charge in [0.2, 0.25) is 0 Å². The highest BCUT2D eigenvalue weighted by atomic mass is 32.1. The van der Waals surface area contributed by atoms with Gasteiger partial charge < -0.3 is 10.2 Å². The van der Waals surface area contributed by atoms with Crippen LogP contribution in [0.2, 0.25) is 0 Å². The molecule has 140 valence electrons. The lowest BCUT2D eigenvalue weighted by atomic mass is 9.98. The molecule has 1 N–H and O–H groups in total. The Labute approximate surface area is 160 Å². The third-order valence-electron chi connectivity index (χ3n) is 5.25. The number of hydrogen-bond donors (Lipinski definition) is 1. The molecular weight excluding hydrogens is 342 g/mol. The molecular formula is C21H29N3OS. The number of nitrogens with zero attached hydrogens (tertiary/aromatic N) is 2. The molecule has 0 aliphatic carbocycles. The van der Waals surface area contributed by atoms with Crippen molar-refractivity contribution in [1.82, 2.24) is 15.2 Å². The molecule has 1 fully saturated rings. The van der Waals surface area contributed by atoms with Gasteiger partial charge in [-0.25, -0.2) is 4.98 Å². The number of carbonyl (C=O) groups is 1. The number of likely N-dealkylation sites (tertiary alicyclic amines) is 1. The first-order valence-corrected chi connectivity index (χ1v) is 10.3. The Hall–Kier alpha value is -1.72. The van der Waals surface area contributed by atoms with Gasteiger partial charge in [-0.2, -0.15) is 0 Å². The third kappa shape index (κ3) is 4.15. The number of aryl methyl sites for hydroxylation is 1. The fourth-order valence-corrected chi connectivity index (χ4v) is 4.72. The van der Waals surface area contributed by atoms with Crippen LogP contribution in [0.15, 0.2) is 24.3 Å². The third-order valence-corrected chi connectivity index (χ3v) is 6.44. The number of thiazole rings is 1. The minimum absolute atomic E-state index is 0.00827. The first kappa shape index (κ1) is 19.1. The maximum Gasteiger partial charge on any atom is 0.263 e. The van der Waals surface area contributed by atoms with Crippen molar-refractivity contribution in [2.45, 2.75) is 52.0 Å². The molecule has 1 amide bonds. The van der Waals surface area contributed by atoms with Crippen LogP contribution in [0.25, 0.3) is 10.6 Å². The second-order valence-electron chi connectivity index (χ2n) is 7.50. The molecule has 2 heterocycles. The molecule has 0 saturated carbocycles. The first-order chi connectivity index (χ1) is 12.5. The topological polar surface area (TPSA) is 45.2 Å². The van der Waals surface area contributed by atoms with Crippen molar-refractivity contribution in [2.24, 2.45) is 0 Å². The highest BCUT2D eigenvalue weighted by Gasteiger charge is 2.22. The minimum atomic E-state index is 0.00827. The number of benzene rings is 1. The maximum atomic E-state index is 12.6. The summed E-state index contributed by atoms with van der Waals surface area (Å²) in [4.78, 5) is 20.5. The van der Waals surface area contributed by atoms with Crippen molar-refractivity contribution in [3.05, 3.63) is 40.4 Å². The Kier molecular flexibility index (Phi) is 6.09. The van der Waals surface area contributed by atoms with E-state index in [1.165, 1.54) is 36.3 Å². The second-order valence-corrected chi connectivity index (χ2v) is 8.50. The summed E-state index contributed by atoms with van der Waals surface area (Å²) < 4.78 is 0. The quantitative estimate of drug-likeness (QED) is 0.815. The van der Waals surface area contributed by atoms with Gasteiger partial charge >= 0.3 is 0 Å². The van der Waals surface area contributed by atoms with Gasteiger partial charge in [-0.3, -0.25) is 4.79 Å². The maximum absolute atomic E-state index is 12.6. The number of aromatic nitrogens is 1. The number of amides is 1. The van der Waals surface area contributed by atoms with Crippen LogP contribution in [-0.2, 0) is 0 Å². The highest BCUT2D eigenvalue weighted by molar-refractivity contribution is 7.17. The SMILES string of the molecule is Cc1nc(-c2ccccc2C(C)C)sc1C(=O)NCCC1CCCN1C. The normalized spacial score (nSPS) is 17.8. The van der Waals surface area contributed by atoms with Gasteiger partial charge in [-0.05, 0) is 51.3 Å². The number of hydrogen-bond acceptors (Lipinski definition) is 4. The van der Waals surface area contributed by atoms with E-state index in [1.807, 2.05) is 13.0 Å². The summed E-state index contributed by atoms with van der Waals surface area (Å²) in [5.74, 6) is 0.435. The lowest BCUT2D eigenvalue weighted by molar-refractivity contribution is 0.0953. The van der Waals surface area contributed by atoms with E-state index in [4.69, 9.17) is 4.98 Å². The zero-order valence-electron chi connectivity index (χ0n) is 16.2. The van der Waals surface area contributed by atoms with E-state index >= 15 is 0 Å². The highest BCUT2D eigenvalue weighted by Crippen LogP contribution is 2.33. The molecule has 0 bridgehead atoms. The molecule has 3 rings (SSSR count). The summed E-state index contributed by atoms with van der Waals surface area (Å²) in [5, 5.41) is 4.03. The van der Waals surface area contributed by atoms with Gasteiger partial charge in [-0.15, -0.1) is 11.3 Å². The number of nitrogens with one attached hydrogen (secondary N) is 1. The fraction of sp³-hybridized carbons (Fsp3) is 0.524. The number of carbonyl (C=O) groups excluding carboxylic acids is 1. The van der Waals surface area contributed by atoms with Crippen molar-refractivity contribution < 1.29 is 4.79 Å². The Morgan fingerprint density at radius 1 is 1.38 bits per heavy atom. The average molecular weight is 372 g/mol. The molecule has 1 atom stereocenters. The Morgan fingerprint density at radius 2 is 2.15 bits per heavy atom. The molecule has 1 aromatic carbocycles. The minimum Gasteiger partial charge on any atom is -0.351 e. The van der Waals surface area contributed by atoms with E-state index in [1.54, 1.807) is 0 Å². The van der Waals surface area contributed by atoms with Crippen LogP contribution in [0.1, 0.15) is 60.0 Å². The van der Waals surface area contributed by atoms with E-state index in [0.717, 1.165) is 34.1 Å². The van der Waals surface area contributed by atoms with E-state index in [0.29, 0.717) is 12.0 Å². The lowest BCUT2D eigenvalue weighted by Gasteiger charge is -2.19. The molecule has 1 aliphatic heterocycles. The molecule has 5 heteroatoms. The molecule has 0 radical (unpaired) electrons.